The van der Waals surface area contributed by atoms with Crippen LogP contribution in [0.25, 0.3) is 0 Å². The minimum absolute atomic E-state index is 0.00135. The zero-order valence-electron chi connectivity index (χ0n) is 18.6. The normalized spacial score (nSPS) is 11.4. The van der Waals surface area contributed by atoms with Crippen LogP contribution in [0.2, 0.25) is 5.02 Å². The highest BCUT2D eigenvalue weighted by Gasteiger charge is 2.27. The van der Waals surface area contributed by atoms with Gasteiger partial charge in [0.15, 0.2) is 0 Å². The summed E-state index contributed by atoms with van der Waals surface area (Å²) in [4.78, 5) is 12.8. The first-order chi connectivity index (χ1) is 15.8. The first-order valence-corrected chi connectivity index (χ1v) is 12.4. The van der Waals surface area contributed by atoms with Crippen molar-refractivity contribution in [3.63, 3.8) is 0 Å². The van der Waals surface area contributed by atoms with Crippen LogP contribution in [0.4, 0.5) is 5.69 Å². The van der Waals surface area contributed by atoms with Crippen molar-refractivity contribution < 1.29 is 17.9 Å². The molecular weight excluding hydrogens is 460 g/mol. The number of anilines is 1. The second kappa shape index (κ2) is 11.3. The molecule has 0 fully saturated rings. The van der Waals surface area contributed by atoms with Crippen LogP contribution < -0.4 is 10.1 Å². The van der Waals surface area contributed by atoms with Crippen molar-refractivity contribution in [1.29, 1.82) is 0 Å². The lowest BCUT2D eigenvalue weighted by atomic mass is 10.1. The van der Waals surface area contributed by atoms with Crippen molar-refractivity contribution in [2.75, 3.05) is 25.5 Å². The lowest BCUT2D eigenvalue weighted by molar-refractivity contribution is -0.116. The van der Waals surface area contributed by atoms with Crippen molar-refractivity contribution in [1.82, 2.24) is 4.31 Å². The molecule has 0 aromatic heterocycles. The molecule has 33 heavy (non-hydrogen) atoms. The van der Waals surface area contributed by atoms with Crippen molar-refractivity contribution in [2.24, 2.45) is 0 Å². The summed E-state index contributed by atoms with van der Waals surface area (Å²) in [5.41, 5.74) is 2.74. The first-order valence-electron chi connectivity index (χ1n) is 10.6. The molecule has 1 N–H and O–H groups in total. The molecule has 174 valence electrons. The standard InChI is InChI=1S/C25H27ClN2O4S/c1-3-19-9-11-21(12-10-19)27-25(29)18-28(16-15-20-7-5-4-6-8-20)33(30,31)22-13-14-24(32-2)23(26)17-22/h4-14,17H,3,15-16,18H2,1-2H3,(H,27,29). The van der Waals surface area contributed by atoms with Crippen LogP contribution in [0.3, 0.4) is 0 Å². The van der Waals surface area contributed by atoms with E-state index in [-0.39, 0.29) is 23.0 Å². The number of rotatable bonds is 10. The predicted molar refractivity (Wildman–Crippen MR) is 131 cm³/mol. The Balaban J connectivity index is 1.82. The van der Waals surface area contributed by atoms with E-state index in [0.717, 1.165) is 17.5 Å². The molecule has 6 nitrogen and oxygen atoms in total. The molecule has 0 aliphatic carbocycles. The van der Waals surface area contributed by atoms with Gasteiger partial charge in [-0.2, -0.15) is 4.31 Å². The molecule has 0 heterocycles. The second-order valence-corrected chi connectivity index (χ2v) is 9.81. The van der Waals surface area contributed by atoms with Gasteiger partial charge in [-0.3, -0.25) is 4.79 Å². The van der Waals surface area contributed by atoms with E-state index >= 15 is 0 Å². The summed E-state index contributed by atoms with van der Waals surface area (Å²) in [6, 6.07) is 21.3. The molecular formula is C25H27ClN2O4S. The summed E-state index contributed by atoms with van der Waals surface area (Å²) in [5, 5.41) is 2.97. The highest BCUT2D eigenvalue weighted by molar-refractivity contribution is 7.89. The number of amides is 1. The minimum atomic E-state index is -3.98. The van der Waals surface area contributed by atoms with E-state index in [1.54, 1.807) is 0 Å². The number of halogens is 1. The van der Waals surface area contributed by atoms with Crippen molar-refractivity contribution in [2.45, 2.75) is 24.7 Å². The number of carbonyl (C=O) groups excluding carboxylic acids is 1. The summed E-state index contributed by atoms with van der Waals surface area (Å²) in [7, 11) is -2.53. The Morgan fingerprint density at radius 3 is 2.30 bits per heavy atom. The van der Waals surface area contributed by atoms with Gasteiger partial charge >= 0.3 is 0 Å². The Kier molecular flexibility index (Phi) is 8.49. The Bertz CT molecular complexity index is 1180. The van der Waals surface area contributed by atoms with Gasteiger partial charge < -0.3 is 10.1 Å². The molecule has 0 bridgehead atoms. The smallest absolute Gasteiger partial charge is 0.243 e. The minimum Gasteiger partial charge on any atom is -0.495 e. The number of nitrogens with zero attached hydrogens (tertiary/aromatic N) is 1. The molecule has 0 saturated heterocycles. The van der Waals surface area contributed by atoms with Crippen LogP contribution in [0.1, 0.15) is 18.1 Å². The average Bonchev–Trinajstić information content (AvgIpc) is 2.82. The van der Waals surface area contributed by atoms with E-state index in [1.165, 1.54) is 29.6 Å². The van der Waals surface area contributed by atoms with Crippen LogP contribution in [0.5, 0.6) is 5.75 Å². The van der Waals surface area contributed by atoms with Crippen LogP contribution in [0.15, 0.2) is 77.7 Å². The third-order valence-corrected chi connectivity index (χ3v) is 7.36. The molecule has 3 rings (SSSR count). The van der Waals surface area contributed by atoms with E-state index < -0.39 is 15.9 Å². The van der Waals surface area contributed by atoms with Gasteiger partial charge in [0.05, 0.1) is 23.6 Å². The molecule has 0 atom stereocenters. The number of aryl methyl sites for hydroxylation is 1. The predicted octanol–water partition coefficient (Wildman–Crippen LogP) is 4.78. The molecule has 0 saturated carbocycles. The third kappa shape index (κ3) is 6.57. The number of hydrogen-bond donors (Lipinski definition) is 1. The number of hydrogen-bond acceptors (Lipinski definition) is 4. The summed E-state index contributed by atoms with van der Waals surface area (Å²) in [6.07, 6.45) is 1.35. The Hall–Kier alpha value is -2.87. The van der Waals surface area contributed by atoms with Crippen LogP contribution >= 0.6 is 11.6 Å². The van der Waals surface area contributed by atoms with Gasteiger partial charge in [0, 0.05) is 12.2 Å². The number of ether oxygens (including phenoxy) is 1. The molecule has 3 aromatic rings. The zero-order valence-corrected chi connectivity index (χ0v) is 20.2. The quantitative estimate of drug-likeness (QED) is 0.447. The van der Waals surface area contributed by atoms with Gasteiger partial charge in [-0.15, -0.1) is 0 Å². The number of sulfonamides is 1. The second-order valence-electron chi connectivity index (χ2n) is 7.47. The summed E-state index contributed by atoms with van der Waals surface area (Å²) >= 11 is 6.16. The van der Waals surface area contributed by atoms with E-state index in [1.807, 2.05) is 54.6 Å². The first kappa shape index (κ1) is 24.8. The summed E-state index contributed by atoms with van der Waals surface area (Å²) < 4.78 is 33.1. The number of benzene rings is 3. The number of carbonyl (C=O) groups is 1. The zero-order chi connectivity index (χ0) is 23.8. The fraction of sp³-hybridized carbons (Fsp3) is 0.240. The molecule has 3 aromatic carbocycles. The monoisotopic (exact) mass is 486 g/mol. The number of nitrogens with one attached hydrogen (secondary N) is 1. The van der Waals surface area contributed by atoms with E-state index in [0.29, 0.717) is 17.9 Å². The molecule has 0 radical (unpaired) electrons. The third-order valence-electron chi connectivity index (χ3n) is 5.22. The Morgan fingerprint density at radius 2 is 1.70 bits per heavy atom. The lowest BCUT2D eigenvalue weighted by Crippen LogP contribution is -2.39. The SMILES string of the molecule is CCc1ccc(NC(=O)CN(CCc2ccccc2)S(=O)(=O)c2ccc(OC)c(Cl)c2)cc1. The molecule has 0 unspecified atom stereocenters. The highest BCUT2D eigenvalue weighted by Crippen LogP contribution is 2.28. The maximum absolute atomic E-state index is 13.4. The van der Waals surface area contributed by atoms with Gasteiger partial charge in [0.25, 0.3) is 0 Å². The van der Waals surface area contributed by atoms with Crippen LogP contribution in [-0.4, -0.2) is 38.8 Å². The van der Waals surface area contributed by atoms with Crippen molar-refractivity contribution in [3.8, 4) is 5.75 Å². The lowest BCUT2D eigenvalue weighted by Gasteiger charge is -2.22. The van der Waals surface area contributed by atoms with Crippen LogP contribution in [0, 0.1) is 0 Å². The van der Waals surface area contributed by atoms with Crippen molar-refractivity contribution >= 4 is 33.2 Å². The van der Waals surface area contributed by atoms with Gasteiger partial charge in [-0.1, -0.05) is 61.0 Å². The largest absolute Gasteiger partial charge is 0.495 e. The maximum atomic E-state index is 13.4. The topological polar surface area (TPSA) is 75.7 Å². The van der Waals surface area contributed by atoms with Gasteiger partial charge in [0.2, 0.25) is 15.9 Å². The van der Waals surface area contributed by atoms with E-state index in [2.05, 4.69) is 12.2 Å². The summed E-state index contributed by atoms with van der Waals surface area (Å²) in [5.74, 6) is -0.0461. The fourth-order valence-electron chi connectivity index (χ4n) is 3.32. The van der Waals surface area contributed by atoms with Gasteiger partial charge in [0.1, 0.15) is 5.75 Å². The maximum Gasteiger partial charge on any atom is 0.243 e. The van der Waals surface area contributed by atoms with Crippen LogP contribution in [-0.2, 0) is 27.7 Å². The molecule has 0 aliphatic heterocycles. The molecule has 1 amide bonds. The van der Waals surface area contributed by atoms with Gasteiger partial charge in [-0.25, -0.2) is 8.42 Å². The average molecular weight is 487 g/mol. The molecule has 0 spiro atoms. The van der Waals surface area contributed by atoms with Gasteiger partial charge in [-0.05, 0) is 54.3 Å². The van der Waals surface area contributed by atoms with E-state index in [9.17, 15) is 13.2 Å². The fourth-order valence-corrected chi connectivity index (χ4v) is 5.07. The number of methoxy groups -OCH3 is 1. The highest BCUT2D eigenvalue weighted by atomic mass is 35.5. The molecule has 8 heteroatoms. The van der Waals surface area contributed by atoms with Crippen molar-refractivity contribution in [3.05, 3.63) is 88.9 Å². The molecule has 0 aliphatic rings. The Labute approximate surface area is 200 Å². The summed E-state index contributed by atoms with van der Waals surface area (Å²) in [6.45, 7) is 1.86. The Morgan fingerprint density at radius 1 is 1.00 bits per heavy atom. The van der Waals surface area contributed by atoms with E-state index in [4.69, 9.17) is 16.3 Å².